The predicted molar refractivity (Wildman–Crippen MR) is 137 cm³/mol. The number of H-pyrrole nitrogens is 1. The Labute approximate surface area is 205 Å². The Morgan fingerprint density at radius 3 is 2.31 bits per heavy atom. The zero-order valence-corrected chi connectivity index (χ0v) is 19.8. The average molecular weight is 471 g/mol. The van der Waals surface area contributed by atoms with Crippen LogP contribution in [0.25, 0.3) is 10.9 Å². The Kier molecular flexibility index (Phi) is 7.95. The van der Waals surface area contributed by atoms with Crippen molar-refractivity contribution >= 4 is 22.7 Å². The van der Waals surface area contributed by atoms with E-state index in [0.29, 0.717) is 28.8 Å². The second-order valence-corrected chi connectivity index (χ2v) is 8.64. The maximum atomic E-state index is 13.2. The number of rotatable bonds is 12. The molecule has 6 nitrogen and oxygen atoms in total. The van der Waals surface area contributed by atoms with Crippen molar-refractivity contribution in [3.8, 4) is 5.75 Å². The molecule has 1 aromatic heterocycles. The van der Waals surface area contributed by atoms with Gasteiger partial charge >= 0.3 is 5.97 Å². The lowest BCUT2D eigenvalue weighted by molar-refractivity contribution is 0.0691. The van der Waals surface area contributed by atoms with Crippen LogP contribution in [0.1, 0.15) is 51.7 Å². The molecule has 0 radical (unpaired) electrons. The fourth-order valence-corrected chi connectivity index (χ4v) is 4.26. The van der Waals surface area contributed by atoms with E-state index in [2.05, 4.69) is 29.4 Å². The number of ether oxygens (including phenoxy) is 1. The number of carbonyl (C=O) groups excluding carboxylic acids is 1. The number of hydrogen-bond acceptors (Lipinski definition) is 4. The summed E-state index contributed by atoms with van der Waals surface area (Å²) in [5, 5.41) is 13.5. The van der Waals surface area contributed by atoms with E-state index in [4.69, 9.17) is 4.74 Å². The van der Waals surface area contributed by atoms with Crippen molar-refractivity contribution in [3.63, 3.8) is 0 Å². The summed E-state index contributed by atoms with van der Waals surface area (Å²) in [6.07, 6.45) is 2.81. The maximum absolute atomic E-state index is 13.2. The highest BCUT2D eigenvalue weighted by Gasteiger charge is 2.19. The number of hydrogen-bond donors (Lipinski definition) is 3. The van der Waals surface area contributed by atoms with E-state index in [1.54, 1.807) is 12.1 Å². The summed E-state index contributed by atoms with van der Waals surface area (Å²) < 4.78 is 5.98. The van der Waals surface area contributed by atoms with Gasteiger partial charge < -0.3 is 20.1 Å². The number of nitrogens with one attached hydrogen (secondary N) is 2. The van der Waals surface area contributed by atoms with Crippen LogP contribution in [0.4, 0.5) is 0 Å². The number of carbonyl (C=O) groups is 2. The third-order valence-electron chi connectivity index (χ3n) is 6.04. The molecule has 1 atom stereocenters. The Morgan fingerprint density at radius 1 is 0.971 bits per heavy atom. The molecule has 1 unspecified atom stereocenters. The number of carboxylic acids is 1. The SMILES string of the molecule is CCCC(Cc1ccccc1)NCC(=O)c1ccc(OCc2ccccc2)c2[nH]c(C(=O)O)cc12. The maximum Gasteiger partial charge on any atom is 0.352 e. The molecule has 6 heteroatoms. The first-order valence-corrected chi connectivity index (χ1v) is 11.9. The topological polar surface area (TPSA) is 91.4 Å². The van der Waals surface area contributed by atoms with Gasteiger partial charge in [0.05, 0.1) is 12.1 Å². The van der Waals surface area contributed by atoms with Gasteiger partial charge in [0.1, 0.15) is 18.1 Å². The smallest absolute Gasteiger partial charge is 0.352 e. The van der Waals surface area contributed by atoms with Crippen LogP contribution in [0.15, 0.2) is 78.9 Å². The van der Waals surface area contributed by atoms with Crippen molar-refractivity contribution in [1.82, 2.24) is 10.3 Å². The molecule has 1 heterocycles. The molecule has 0 aliphatic rings. The van der Waals surface area contributed by atoms with Crippen molar-refractivity contribution in [2.45, 2.75) is 38.8 Å². The lowest BCUT2D eigenvalue weighted by Gasteiger charge is -2.18. The zero-order valence-electron chi connectivity index (χ0n) is 19.8. The molecule has 0 bridgehead atoms. The fourth-order valence-electron chi connectivity index (χ4n) is 4.26. The molecule has 0 spiro atoms. The zero-order chi connectivity index (χ0) is 24.6. The van der Waals surface area contributed by atoms with Crippen LogP contribution in [0.3, 0.4) is 0 Å². The van der Waals surface area contributed by atoms with E-state index < -0.39 is 5.97 Å². The minimum atomic E-state index is -1.09. The molecular formula is C29H30N2O4. The van der Waals surface area contributed by atoms with Crippen LogP contribution in [0.5, 0.6) is 5.75 Å². The monoisotopic (exact) mass is 470 g/mol. The van der Waals surface area contributed by atoms with Crippen LogP contribution in [-0.4, -0.2) is 34.4 Å². The average Bonchev–Trinajstić information content (AvgIpc) is 3.33. The number of carboxylic acid groups (broad SMARTS) is 1. The molecular weight excluding hydrogens is 440 g/mol. The molecule has 4 rings (SSSR count). The first-order chi connectivity index (χ1) is 17.0. The summed E-state index contributed by atoms with van der Waals surface area (Å²) in [7, 11) is 0. The van der Waals surface area contributed by atoms with Gasteiger partial charge in [-0.05, 0) is 42.2 Å². The van der Waals surface area contributed by atoms with E-state index in [9.17, 15) is 14.7 Å². The highest BCUT2D eigenvalue weighted by atomic mass is 16.5. The predicted octanol–water partition coefficient (Wildman–Crippen LogP) is 5.63. The highest BCUT2D eigenvalue weighted by Crippen LogP contribution is 2.30. The Bertz CT molecular complexity index is 1280. The number of aromatic nitrogens is 1. The van der Waals surface area contributed by atoms with Crippen molar-refractivity contribution < 1.29 is 19.4 Å². The molecule has 3 N–H and O–H groups in total. The van der Waals surface area contributed by atoms with E-state index in [1.165, 1.54) is 11.6 Å². The number of fused-ring (bicyclic) bond motifs is 1. The number of aromatic amines is 1. The normalized spacial score (nSPS) is 11.9. The van der Waals surface area contributed by atoms with Crippen LogP contribution in [0.2, 0.25) is 0 Å². The third-order valence-corrected chi connectivity index (χ3v) is 6.04. The molecule has 0 fully saturated rings. The van der Waals surface area contributed by atoms with Gasteiger partial charge in [0.15, 0.2) is 5.78 Å². The molecule has 0 aliphatic heterocycles. The van der Waals surface area contributed by atoms with Crippen molar-refractivity contribution in [2.24, 2.45) is 0 Å². The van der Waals surface area contributed by atoms with Gasteiger partial charge in [-0.3, -0.25) is 4.79 Å². The van der Waals surface area contributed by atoms with Crippen LogP contribution >= 0.6 is 0 Å². The molecule has 0 amide bonds. The lowest BCUT2D eigenvalue weighted by Crippen LogP contribution is -2.35. The van der Waals surface area contributed by atoms with E-state index in [1.807, 2.05) is 48.5 Å². The number of ketones is 1. The van der Waals surface area contributed by atoms with Crippen LogP contribution in [-0.2, 0) is 13.0 Å². The van der Waals surface area contributed by atoms with Crippen LogP contribution < -0.4 is 10.1 Å². The summed E-state index contributed by atoms with van der Waals surface area (Å²) in [5.41, 5.74) is 3.22. The van der Waals surface area contributed by atoms with E-state index in [-0.39, 0.29) is 24.1 Å². The fraction of sp³-hybridized carbons (Fsp3) is 0.241. The number of Topliss-reactive ketones (excluding diaryl/α,β-unsaturated/α-hetero) is 1. The van der Waals surface area contributed by atoms with Gasteiger partial charge in [0.2, 0.25) is 0 Å². The largest absolute Gasteiger partial charge is 0.487 e. The summed E-state index contributed by atoms with van der Waals surface area (Å²) in [5.74, 6) is -0.666. The first-order valence-electron chi connectivity index (χ1n) is 11.9. The van der Waals surface area contributed by atoms with Gasteiger partial charge in [-0.15, -0.1) is 0 Å². The quantitative estimate of drug-likeness (QED) is 0.234. The minimum absolute atomic E-state index is 0.0192. The van der Waals surface area contributed by atoms with E-state index in [0.717, 1.165) is 24.8 Å². The standard InChI is InChI=1S/C29H30N2O4/c1-2-9-22(16-20-10-5-3-6-11-20)30-18-26(32)23-14-15-27(35-19-21-12-7-4-8-13-21)28-24(23)17-25(31-28)29(33)34/h3-8,10-15,17,22,30-31H,2,9,16,18-19H2,1H3,(H,33,34). The third kappa shape index (κ3) is 6.16. The van der Waals surface area contributed by atoms with Gasteiger partial charge in [-0.2, -0.15) is 0 Å². The van der Waals surface area contributed by atoms with Gasteiger partial charge in [0.25, 0.3) is 0 Å². The second kappa shape index (κ2) is 11.5. The number of benzene rings is 3. The van der Waals surface area contributed by atoms with Gasteiger partial charge in [0, 0.05) is 17.0 Å². The molecule has 3 aromatic carbocycles. The Morgan fingerprint density at radius 2 is 1.66 bits per heavy atom. The lowest BCUT2D eigenvalue weighted by atomic mass is 10.0. The van der Waals surface area contributed by atoms with Crippen LogP contribution in [0, 0.1) is 0 Å². The van der Waals surface area contributed by atoms with Crippen molar-refractivity contribution in [3.05, 3.63) is 101 Å². The molecule has 35 heavy (non-hydrogen) atoms. The summed E-state index contributed by atoms with van der Waals surface area (Å²) in [6, 6.07) is 25.1. The molecule has 0 aliphatic carbocycles. The van der Waals surface area contributed by atoms with Gasteiger partial charge in [-0.25, -0.2) is 4.79 Å². The molecule has 0 saturated heterocycles. The summed E-state index contributed by atoms with van der Waals surface area (Å²) in [6.45, 7) is 2.64. The highest BCUT2D eigenvalue weighted by molar-refractivity contribution is 6.11. The minimum Gasteiger partial charge on any atom is -0.487 e. The van der Waals surface area contributed by atoms with Crippen molar-refractivity contribution in [1.29, 1.82) is 0 Å². The summed E-state index contributed by atoms with van der Waals surface area (Å²) >= 11 is 0. The second-order valence-electron chi connectivity index (χ2n) is 8.64. The summed E-state index contributed by atoms with van der Waals surface area (Å²) in [4.78, 5) is 27.8. The Balaban J connectivity index is 1.53. The molecule has 4 aromatic rings. The molecule has 0 saturated carbocycles. The van der Waals surface area contributed by atoms with Crippen molar-refractivity contribution in [2.75, 3.05) is 6.54 Å². The number of aromatic carboxylic acids is 1. The Hall–Kier alpha value is -3.90. The first kappa shape index (κ1) is 24.2. The van der Waals surface area contributed by atoms with Gasteiger partial charge in [-0.1, -0.05) is 74.0 Å². The molecule has 180 valence electrons. The van der Waals surface area contributed by atoms with E-state index >= 15 is 0 Å².